The van der Waals surface area contributed by atoms with Gasteiger partial charge in [0.25, 0.3) is 0 Å². The molecular formula is C19H31NO. The molecule has 1 aromatic rings. The van der Waals surface area contributed by atoms with Gasteiger partial charge in [0.05, 0.1) is 7.11 Å². The van der Waals surface area contributed by atoms with Crippen LogP contribution >= 0.6 is 0 Å². The Morgan fingerprint density at radius 2 is 1.95 bits per heavy atom. The van der Waals surface area contributed by atoms with E-state index in [1.807, 2.05) is 6.07 Å². The predicted octanol–water partition coefficient (Wildman–Crippen LogP) is 4.24. The highest BCUT2D eigenvalue weighted by molar-refractivity contribution is 5.36. The third-order valence-corrected chi connectivity index (χ3v) is 4.95. The van der Waals surface area contributed by atoms with Gasteiger partial charge in [-0.05, 0) is 54.8 Å². The first kappa shape index (κ1) is 16.4. The van der Waals surface area contributed by atoms with Gasteiger partial charge >= 0.3 is 0 Å². The molecule has 0 saturated heterocycles. The minimum Gasteiger partial charge on any atom is -0.497 e. The van der Waals surface area contributed by atoms with Crippen LogP contribution in [0.3, 0.4) is 0 Å². The summed E-state index contributed by atoms with van der Waals surface area (Å²) in [5, 5.41) is 3.68. The number of methoxy groups -OCH3 is 1. The van der Waals surface area contributed by atoms with E-state index in [1.54, 1.807) is 7.11 Å². The lowest BCUT2D eigenvalue weighted by atomic mass is 9.56. The van der Waals surface area contributed by atoms with Crippen LogP contribution in [0.4, 0.5) is 0 Å². The van der Waals surface area contributed by atoms with Crippen molar-refractivity contribution < 1.29 is 4.74 Å². The molecule has 2 heteroatoms. The predicted molar refractivity (Wildman–Crippen MR) is 89.9 cm³/mol. The number of hydrogen-bond acceptors (Lipinski definition) is 2. The van der Waals surface area contributed by atoms with Crippen LogP contribution in [0.15, 0.2) is 24.3 Å². The molecule has 0 bridgehead atoms. The quantitative estimate of drug-likeness (QED) is 0.810. The third-order valence-electron chi connectivity index (χ3n) is 4.95. The number of ether oxygens (including phenoxy) is 1. The van der Waals surface area contributed by atoms with Crippen molar-refractivity contribution in [2.45, 2.75) is 46.0 Å². The number of nitrogens with one attached hydrogen (secondary N) is 1. The van der Waals surface area contributed by atoms with E-state index in [1.165, 1.54) is 18.4 Å². The maximum absolute atomic E-state index is 5.42. The topological polar surface area (TPSA) is 21.3 Å². The van der Waals surface area contributed by atoms with Gasteiger partial charge in [-0.15, -0.1) is 0 Å². The van der Waals surface area contributed by atoms with Crippen LogP contribution in [-0.4, -0.2) is 20.2 Å². The van der Waals surface area contributed by atoms with E-state index in [4.69, 9.17) is 4.74 Å². The Labute approximate surface area is 130 Å². The van der Waals surface area contributed by atoms with Crippen LogP contribution in [0.25, 0.3) is 0 Å². The van der Waals surface area contributed by atoms with Gasteiger partial charge in [-0.3, -0.25) is 0 Å². The molecule has 0 unspecified atom stereocenters. The molecule has 1 fully saturated rings. The van der Waals surface area contributed by atoms with Crippen molar-refractivity contribution in [3.8, 4) is 5.75 Å². The van der Waals surface area contributed by atoms with Crippen LogP contribution in [0, 0.1) is 17.8 Å². The summed E-state index contributed by atoms with van der Waals surface area (Å²) in [6.07, 6.45) is 2.59. The maximum Gasteiger partial charge on any atom is 0.119 e. The molecule has 0 aromatic heterocycles. The minimum atomic E-state index is 0.304. The van der Waals surface area contributed by atoms with Crippen molar-refractivity contribution in [3.05, 3.63) is 29.8 Å². The average molecular weight is 289 g/mol. The third kappa shape index (κ3) is 3.79. The van der Waals surface area contributed by atoms with E-state index < -0.39 is 0 Å². The van der Waals surface area contributed by atoms with Gasteiger partial charge in [-0.1, -0.05) is 39.8 Å². The zero-order valence-electron chi connectivity index (χ0n) is 14.3. The molecule has 1 aliphatic rings. The Kier molecular flexibility index (Phi) is 5.32. The summed E-state index contributed by atoms with van der Waals surface area (Å²) in [7, 11) is 1.75. The summed E-state index contributed by atoms with van der Waals surface area (Å²) in [6, 6.07) is 8.67. The van der Waals surface area contributed by atoms with E-state index >= 15 is 0 Å². The van der Waals surface area contributed by atoms with Crippen molar-refractivity contribution >= 4 is 0 Å². The molecule has 1 N–H and O–H groups in total. The SMILES string of the molecule is COc1cccc(C2(CNCC(C)C)CC(C(C)C)C2)c1. The van der Waals surface area contributed by atoms with Crippen molar-refractivity contribution in [1.82, 2.24) is 5.32 Å². The van der Waals surface area contributed by atoms with E-state index in [0.29, 0.717) is 11.3 Å². The van der Waals surface area contributed by atoms with Crippen LogP contribution in [0.2, 0.25) is 0 Å². The summed E-state index contributed by atoms with van der Waals surface area (Å²) in [4.78, 5) is 0. The minimum absolute atomic E-state index is 0.304. The first-order valence-electron chi connectivity index (χ1n) is 8.32. The summed E-state index contributed by atoms with van der Waals surface area (Å²) >= 11 is 0. The Balaban J connectivity index is 2.12. The van der Waals surface area contributed by atoms with Gasteiger partial charge in [0, 0.05) is 12.0 Å². The first-order chi connectivity index (χ1) is 9.97. The van der Waals surface area contributed by atoms with Crippen molar-refractivity contribution in [2.75, 3.05) is 20.2 Å². The Bertz CT molecular complexity index is 447. The van der Waals surface area contributed by atoms with E-state index in [9.17, 15) is 0 Å². The second kappa shape index (κ2) is 6.83. The molecule has 1 saturated carbocycles. The van der Waals surface area contributed by atoms with Gasteiger partial charge in [-0.25, -0.2) is 0 Å². The standard InChI is InChI=1S/C19H31NO/c1-14(2)12-20-13-19(10-16(11-19)15(3)4)17-7-6-8-18(9-17)21-5/h6-9,14-16,20H,10-13H2,1-5H3. The van der Waals surface area contributed by atoms with Crippen molar-refractivity contribution in [2.24, 2.45) is 17.8 Å². The second-order valence-electron chi connectivity index (χ2n) is 7.45. The highest BCUT2D eigenvalue weighted by Gasteiger charge is 2.46. The summed E-state index contributed by atoms with van der Waals surface area (Å²) in [6.45, 7) is 11.4. The largest absolute Gasteiger partial charge is 0.497 e. The van der Waals surface area contributed by atoms with Crippen LogP contribution in [0.1, 0.15) is 46.1 Å². The zero-order chi connectivity index (χ0) is 15.5. The molecule has 0 spiro atoms. The molecule has 1 aliphatic carbocycles. The van der Waals surface area contributed by atoms with Gasteiger partial charge in [0.2, 0.25) is 0 Å². The Morgan fingerprint density at radius 3 is 2.52 bits per heavy atom. The fraction of sp³-hybridized carbons (Fsp3) is 0.684. The van der Waals surface area contributed by atoms with E-state index in [-0.39, 0.29) is 0 Å². The van der Waals surface area contributed by atoms with Crippen molar-refractivity contribution in [3.63, 3.8) is 0 Å². The van der Waals surface area contributed by atoms with Gasteiger partial charge in [0.15, 0.2) is 0 Å². The molecule has 2 rings (SSSR count). The van der Waals surface area contributed by atoms with Crippen LogP contribution in [-0.2, 0) is 5.41 Å². The first-order valence-corrected chi connectivity index (χ1v) is 8.32. The highest BCUT2D eigenvalue weighted by atomic mass is 16.5. The lowest BCUT2D eigenvalue weighted by Gasteiger charge is -2.50. The molecule has 2 nitrogen and oxygen atoms in total. The molecule has 1 aromatic carbocycles. The highest BCUT2D eigenvalue weighted by Crippen LogP contribution is 2.50. The zero-order valence-corrected chi connectivity index (χ0v) is 14.3. The second-order valence-corrected chi connectivity index (χ2v) is 7.45. The molecule has 118 valence electrons. The monoisotopic (exact) mass is 289 g/mol. The lowest BCUT2D eigenvalue weighted by molar-refractivity contribution is 0.0968. The number of rotatable bonds is 7. The van der Waals surface area contributed by atoms with Gasteiger partial charge in [-0.2, -0.15) is 0 Å². The van der Waals surface area contributed by atoms with Crippen molar-refractivity contribution in [1.29, 1.82) is 0 Å². The summed E-state index contributed by atoms with van der Waals surface area (Å²) in [5.74, 6) is 3.32. The smallest absolute Gasteiger partial charge is 0.119 e. The van der Waals surface area contributed by atoms with Crippen LogP contribution < -0.4 is 10.1 Å². The Hall–Kier alpha value is -1.02. The van der Waals surface area contributed by atoms with E-state index in [2.05, 4.69) is 51.2 Å². The molecule has 0 heterocycles. The summed E-state index contributed by atoms with van der Waals surface area (Å²) in [5.41, 5.74) is 1.74. The normalized spacial score (nSPS) is 25.2. The molecule has 0 amide bonds. The van der Waals surface area contributed by atoms with Gasteiger partial charge < -0.3 is 10.1 Å². The Morgan fingerprint density at radius 1 is 1.24 bits per heavy atom. The van der Waals surface area contributed by atoms with E-state index in [0.717, 1.165) is 30.7 Å². The maximum atomic E-state index is 5.42. The lowest BCUT2D eigenvalue weighted by Crippen LogP contribution is -2.50. The molecular weight excluding hydrogens is 258 g/mol. The number of benzene rings is 1. The molecule has 0 atom stereocenters. The molecule has 0 radical (unpaired) electrons. The fourth-order valence-electron chi connectivity index (χ4n) is 3.45. The number of hydrogen-bond donors (Lipinski definition) is 1. The summed E-state index contributed by atoms with van der Waals surface area (Å²) < 4.78 is 5.42. The van der Waals surface area contributed by atoms with Crippen LogP contribution in [0.5, 0.6) is 5.75 Å². The van der Waals surface area contributed by atoms with Gasteiger partial charge in [0.1, 0.15) is 5.75 Å². The fourth-order valence-corrected chi connectivity index (χ4v) is 3.45. The average Bonchev–Trinajstić information content (AvgIpc) is 2.40. The molecule has 0 aliphatic heterocycles. The molecule has 21 heavy (non-hydrogen) atoms.